The van der Waals surface area contributed by atoms with Gasteiger partial charge < -0.3 is 10.4 Å². The third-order valence-electron chi connectivity index (χ3n) is 1.00. The van der Waals surface area contributed by atoms with E-state index in [1.165, 1.54) is 0 Å². The highest BCUT2D eigenvalue weighted by atomic mass is 16.4. The summed E-state index contributed by atoms with van der Waals surface area (Å²) in [4.78, 5) is 22.8. The Morgan fingerprint density at radius 2 is 2.33 bits per heavy atom. The van der Waals surface area contributed by atoms with Gasteiger partial charge in [-0.1, -0.05) is 12.0 Å². The molecular formula is C5H8N4O3. The minimum atomic E-state index is -1.55. The van der Waals surface area contributed by atoms with E-state index >= 15 is 0 Å². The maximum Gasteiger partial charge on any atom is 0.394 e. The van der Waals surface area contributed by atoms with Crippen molar-refractivity contribution in [1.82, 2.24) is 5.32 Å². The van der Waals surface area contributed by atoms with Crippen molar-refractivity contribution < 1.29 is 14.7 Å². The molecule has 12 heavy (non-hydrogen) atoms. The molecule has 7 nitrogen and oxygen atoms in total. The van der Waals surface area contributed by atoms with Gasteiger partial charge in [0.2, 0.25) is 0 Å². The highest BCUT2D eigenvalue weighted by molar-refractivity contribution is 6.31. The first kappa shape index (κ1) is 10.2. The molecular weight excluding hydrogens is 164 g/mol. The van der Waals surface area contributed by atoms with Gasteiger partial charge in [0.25, 0.3) is 0 Å². The predicted octanol–water partition coefficient (Wildman–Crippen LogP) is -0.114. The molecule has 0 aromatic heterocycles. The fraction of sp³-hybridized carbons (Fsp3) is 0.600. The van der Waals surface area contributed by atoms with Gasteiger partial charge >= 0.3 is 11.9 Å². The topological polar surface area (TPSA) is 115 Å². The van der Waals surface area contributed by atoms with Crippen molar-refractivity contribution in [3.05, 3.63) is 10.4 Å². The number of nitrogens with one attached hydrogen (secondary N) is 1. The fourth-order valence-electron chi connectivity index (χ4n) is 0.445. The minimum absolute atomic E-state index is 0.0230. The van der Waals surface area contributed by atoms with Crippen LogP contribution in [0.5, 0.6) is 0 Å². The molecule has 0 aliphatic rings. The minimum Gasteiger partial charge on any atom is -0.474 e. The Morgan fingerprint density at radius 1 is 1.75 bits per heavy atom. The third kappa shape index (κ3) is 4.13. The van der Waals surface area contributed by atoms with Crippen LogP contribution in [0.2, 0.25) is 0 Å². The van der Waals surface area contributed by atoms with Crippen molar-refractivity contribution in [2.45, 2.75) is 13.0 Å². The number of nitrogens with zero attached hydrogens (tertiary/aromatic N) is 3. The molecule has 66 valence electrons. The van der Waals surface area contributed by atoms with Crippen LogP contribution in [0.3, 0.4) is 0 Å². The Labute approximate surface area is 68.0 Å². The first-order valence-electron chi connectivity index (χ1n) is 3.13. The van der Waals surface area contributed by atoms with E-state index in [1.54, 1.807) is 6.92 Å². The Kier molecular flexibility index (Phi) is 4.25. The standard InChI is InChI=1S/C5H8N4O3/c1-3(8-9-6)2-7-4(10)5(11)12/h3H,2H2,1H3,(H,7,10)(H,11,12). The molecule has 0 heterocycles. The smallest absolute Gasteiger partial charge is 0.394 e. The zero-order valence-corrected chi connectivity index (χ0v) is 6.39. The van der Waals surface area contributed by atoms with Gasteiger partial charge in [0.15, 0.2) is 0 Å². The van der Waals surface area contributed by atoms with Crippen LogP contribution in [0.4, 0.5) is 0 Å². The molecule has 0 radical (unpaired) electrons. The van der Waals surface area contributed by atoms with Crippen LogP contribution < -0.4 is 5.32 Å². The zero-order chi connectivity index (χ0) is 9.56. The van der Waals surface area contributed by atoms with Gasteiger partial charge in [-0.3, -0.25) is 4.79 Å². The van der Waals surface area contributed by atoms with Crippen LogP contribution in [0, 0.1) is 0 Å². The van der Waals surface area contributed by atoms with Crippen molar-refractivity contribution in [2.24, 2.45) is 5.11 Å². The summed E-state index contributed by atoms with van der Waals surface area (Å²) in [6, 6.07) is -0.446. The van der Waals surface area contributed by atoms with Gasteiger partial charge in [0, 0.05) is 11.5 Å². The molecule has 0 rings (SSSR count). The van der Waals surface area contributed by atoms with Gasteiger partial charge in [-0.25, -0.2) is 4.79 Å². The maximum absolute atomic E-state index is 10.4. The molecule has 0 aliphatic heterocycles. The summed E-state index contributed by atoms with van der Waals surface area (Å²) in [5, 5.41) is 13.4. The summed E-state index contributed by atoms with van der Waals surface area (Å²) in [5.74, 6) is -2.65. The van der Waals surface area contributed by atoms with E-state index in [-0.39, 0.29) is 6.54 Å². The Bertz CT molecular complexity index is 233. The summed E-state index contributed by atoms with van der Waals surface area (Å²) >= 11 is 0. The van der Waals surface area contributed by atoms with Crippen LogP contribution in [-0.4, -0.2) is 29.6 Å². The average Bonchev–Trinajstić information content (AvgIpc) is 2.00. The quantitative estimate of drug-likeness (QED) is 0.267. The van der Waals surface area contributed by atoms with Gasteiger partial charge in [-0.05, 0) is 5.53 Å². The molecule has 1 unspecified atom stereocenters. The molecule has 0 aliphatic carbocycles. The van der Waals surface area contributed by atoms with E-state index in [1.807, 2.05) is 0 Å². The number of amides is 1. The Balaban J connectivity index is 3.75. The number of rotatable bonds is 3. The van der Waals surface area contributed by atoms with Gasteiger partial charge in [0.1, 0.15) is 0 Å². The molecule has 0 bridgehead atoms. The van der Waals surface area contributed by atoms with Gasteiger partial charge in [0.05, 0.1) is 6.04 Å². The second kappa shape index (κ2) is 4.97. The summed E-state index contributed by atoms with van der Waals surface area (Å²) in [6.07, 6.45) is 0. The predicted molar refractivity (Wildman–Crippen MR) is 39.3 cm³/mol. The van der Waals surface area contributed by atoms with Crippen molar-refractivity contribution in [1.29, 1.82) is 0 Å². The van der Waals surface area contributed by atoms with Gasteiger partial charge in [-0.15, -0.1) is 0 Å². The van der Waals surface area contributed by atoms with Crippen LogP contribution in [0.15, 0.2) is 5.11 Å². The lowest BCUT2D eigenvalue weighted by Crippen LogP contribution is -2.34. The molecule has 7 heteroatoms. The molecule has 1 amide bonds. The number of carboxylic acid groups (broad SMARTS) is 1. The number of hydrogen-bond donors (Lipinski definition) is 2. The largest absolute Gasteiger partial charge is 0.474 e. The molecule has 0 aromatic carbocycles. The second-order valence-corrected chi connectivity index (χ2v) is 2.07. The fourth-order valence-corrected chi connectivity index (χ4v) is 0.445. The van der Waals surface area contributed by atoms with Crippen molar-refractivity contribution in [3.63, 3.8) is 0 Å². The monoisotopic (exact) mass is 172 g/mol. The summed E-state index contributed by atoms with van der Waals surface area (Å²) in [5.41, 5.74) is 7.94. The lowest BCUT2D eigenvalue weighted by molar-refractivity contribution is -0.150. The van der Waals surface area contributed by atoms with Crippen molar-refractivity contribution >= 4 is 11.9 Å². The van der Waals surface area contributed by atoms with Crippen molar-refractivity contribution in [3.8, 4) is 0 Å². The third-order valence-corrected chi connectivity index (χ3v) is 1.00. The second-order valence-electron chi connectivity index (χ2n) is 2.07. The highest BCUT2D eigenvalue weighted by Crippen LogP contribution is 1.86. The van der Waals surface area contributed by atoms with Gasteiger partial charge in [-0.2, -0.15) is 0 Å². The Morgan fingerprint density at radius 3 is 2.75 bits per heavy atom. The maximum atomic E-state index is 10.4. The van der Waals surface area contributed by atoms with Crippen LogP contribution in [0.25, 0.3) is 10.4 Å². The zero-order valence-electron chi connectivity index (χ0n) is 6.39. The molecule has 0 aromatic rings. The molecule has 2 N–H and O–H groups in total. The van der Waals surface area contributed by atoms with E-state index < -0.39 is 17.9 Å². The van der Waals surface area contributed by atoms with E-state index in [0.717, 1.165) is 0 Å². The summed E-state index contributed by atoms with van der Waals surface area (Å²) < 4.78 is 0. The van der Waals surface area contributed by atoms with E-state index in [2.05, 4.69) is 15.3 Å². The lowest BCUT2D eigenvalue weighted by atomic mass is 10.3. The van der Waals surface area contributed by atoms with Crippen molar-refractivity contribution in [2.75, 3.05) is 6.54 Å². The van der Waals surface area contributed by atoms with E-state index in [9.17, 15) is 9.59 Å². The molecule has 0 saturated carbocycles. The number of carboxylic acids is 1. The molecule has 0 fully saturated rings. The van der Waals surface area contributed by atoms with Crippen LogP contribution >= 0.6 is 0 Å². The number of azide groups is 1. The number of hydrogen-bond acceptors (Lipinski definition) is 3. The summed E-state index contributed by atoms with van der Waals surface area (Å²) in [6.45, 7) is 1.58. The molecule has 0 spiro atoms. The molecule has 1 atom stereocenters. The number of aliphatic carboxylic acids is 1. The first-order chi connectivity index (χ1) is 5.57. The summed E-state index contributed by atoms with van der Waals surface area (Å²) in [7, 11) is 0. The first-order valence-corrected chi connectivity index (χ1v) is 3.13. The Hall–Kier alpha value is -1.75. The van der Waals surface area contributed by atoms with Crippen LogP contribution in [0.1, 0.15) is 6.92 Å². The number of carbonyl (C=O) groups excluding carboxylic acids is 1. The SMILES string of the molecule is CC(CNC(=O)C(=O)O)N=[N+]=[N-]. The number of carbonyl (C=O) groups is 2. The lowest BCUT2D eigenvalue weighted by Gasteiger charge is -2.03. The average molecular weight is 172 g/mol. The molecule has 0 saturated heterocycles. The normalized spacial score (nSPS) is 11.1. The van der Waals surface area contributed by atoms with E-state index in [4.69, 9.17) is 10.6 Å². The van der Waals surface area contributed by atoms with Crippen LogP contribution in [-0.2, 0) is 9.59 Å². The van der Waals surface area contributed by atoms with E-state index in [0.29, 0.717) is 0 Å². The highest BCUT2D eigenvalue weighted by Gasteiger charge is 2.10.